The number of amides is 1. The molecule has 1 atom stereocenters. The van der Waals surface area contributed by atoms with Gasteiger partial charge in [-0.25, -0.2) is 0 Å². The monoisotopic (exact) mass is 210 g/mol. The molecule has 1 saturated heterocycles. The molecule has 3 heteroatoms. The molecule has 3 nitrogen and oxygen atoms in total. The highest BCUT2D eigenvalue weighted by atomic mass is 16.2. The van der Waals surface area contributed by atoms with Gasteiger partial charge >= 0.3 is 0 Å². The van der Waals surface area contributed by atoms with Crippen molar-refractivity contribution in [3.8, 4) is 0 Å². The first-order chi connectivity index (χ1) is 7.00. The van der Waals surface area contributed by atoms with E-state index in [-0.39, 0.29) is 11.6 Å². The maximum atomic E-state index is 12.2. The summed E-state index contributed by atoms with van der Waals surface area (Å²) in [5.74, 6) is 0.649. The molecule has 0 aromatic rings. The van der Waals surface area contributed by atoms with Gasteiger partial charge in [0, 0.05) is 24.0 Å². The number of likely N-dealkylation sites (tertiary alicyclic amines) is 1. The first-order valence-corrected chi connectivity index (χ1v) is 6.08. The zero-order valence-electron chi connectivity index (χ0n) is 9.83. The minimum atomic E-state index is 0.0164. The molecule has 15 heavy (non-hydrogen) atoms. The molecule has 0 spiro atoms. The Hall–Kier alpha value is -0.570. The van der Waals surface area contributed by atoms with Gasteiger partial charge in [0.15, 0.2) is 0 Å². The van der Waals surface area contributed by atoms with E-state index in [1.807, 2.05) is 4.90 Å². The largest absolute Gasteiger partial charge is 0.336 e. The van der Waals surface area contributed by atoms with E-state index in [1.54, 1.807) is 0 Å². The van der Waals surface area contributed by atoms with Gasteiger partial charge in [-0.3, -0.25) is 4.79 Å². The first kappa shape index (κ1) is 10.9. The van der Waals surface area contributed by atoms with E-state index in [1.165, 1.54) is 6.42 Å². The van der Waals surface area contributed by atoms with Crippen molar-refractivity contribution in [2.75, 3.05) is 6.54 Å². The van der Waals surface area contributed by atoms with Crippen LogP contribution in [-0.2, 0) is 4.79 Å². The van der Waals surface area contributed by atoms with Crippen LogP contribution in [0.3, 0.4) is 0 Å². The van der Waals surface area contributed by atoms with E-state index in [4.69, 9.17) is 5.73 Å². The van der Waals surface area contributed by atoms with Gasteiger partial charge in [0.1, 0.15) is 0 Å². The van der Waals surface area contributed by atoms with Crippen molar-refractivity contribution in [1.29, 1.82) is 0 Å². The van der Waals surface area contributed by atoms with Crippen molar-refractivity contribution >= 4 is 5.91 Å². The number of piperidine rings is 1. The lowest BCUT2D eigenvalue weighted by Crippen LogP contribution is -2.58. The van der Waals surface area contributed by atoms with Crippen molar-refractivity contribution in [3.05, 3.63) is 0 Å². The van der Waals surface area contributed by atoms with Gasteiger partial charge in [-0.15, -0.1) is 0 Å². The normalized spacial score (nSPS) is 31.1. The lowest BCUT2D eigenvalue weighted by Gasteiger charge is -2.47. The third-order valence-corrected chi connectivity index (χ3v) is 4.00. The van der Waals surface area contributed by atoms with Crippen LogP contribution in [0.1, 0.15) is 46.0 Å². The van der Waals surface area contributed by atoms with Crippen molar-refractivity contribution < 1.29 is 4.79 Å². The quantitative estimate of drug-likeness (QED) is 0.713. The molecular formula is C12H22N2O. The molecule has 1 heterocycles. The van der Waals surface area contributed by atoms with Gasteiger partial charge in [0.25, 0.3) is 0 Å². The average molecular weight is 210 g/mol. The zero-order chi connectivity index (χ0) is 11.1. The summed E-state index contributed by atoms with van der Waals surface area (Å²) in [7, 11) is 0. The van der Waals surface area contributed by atoms with Crippen LogP contribution in [0, 0.1) is 5.92 Å². The highest BCUT2D eigenvalue weighted by Gasteiger charge is 2.40. The summed E-state index contributed by atoms with van der Waals surface area (Å²) in [5.41, 5.74) is 5.97. The Morgan fingerprint density at radius 2 is 2.00 bits per heavy atom. The predicted octanol–water partition coefficient (Wildman–Crippen LogP) is 1.51. The van der Waals surface area contributed by atoms with Gasteiger partial charge in [0.2, 0.25) is 5.91 Å². The third-order valence-electron chi connectivity index (χ3n) is 4.00. The topological polar surface area (TPSA) is 46.3 Å². The number of carbonyl (C=O) groups is 1. The van der Waals surface area contributed by atoms with Crippen molar-refractivity contribution in [1.82, 2.24) is 4.90 Å². The van der Waals surface area contributed by atoms with Crippen molar-refractivity contribution in [3.63, 3.8) is 0 Å². The number of rotatable bonds is 1. The molecule has 1 amide bonds. The van der Waals surface area contributed by atoms with Crippen LogP contribution < -0.4 is 5.73 Å². The summed E-state index contributed by atoms with van der Waals surface area (Å²) in [6, 6.07) is 0.182. The summed E-state index contributed by atoms with van der Waals surface area (Å²) < 4.78 is 0. The van der Waals surface area contributed by atoms with Crippen molar-refractivity contribution in [2.45, 2.75) is 57.5 Å². The first-order valence-electron chi connectivity index (χ1n) is 6.08. The molecule has 2 aliphatic rings. The summed E-state index contributed by atoms with van der Waals surface area (Å²) in [5, 5.41) is 0. The Bertz CT molecular complexity index is 258. The zero-order valence-corrected chi connectivity index (χ0v) is 9.83. The standard InChI is InChI=1S/C12H22N2O/c1-12(2)7-6-10(13)8-14(12)11(15)9-4-3-5-9/h9-10H,3-8,13H2,1-2H3. The molecule has 1 aliphatic heterocycles. The number of nitrogens with two attached hydrogens (primary N) is 1. The van der Waals surface area contributed by atoms with Crippen LogP contribution >= 0.6 is 0 Å². The molecule has 0 bridgehead atoms. The number of hydrogen-bond donors (Lipinski definition) is 1. The van der Waals surface area contributed by atoms with Gasteiger partial charge < -0.3 is 10.6 Å². The van der Waals surface area contributed by atoms with Crippen LogP contribution in [0.4, 0.5) is 0 Å². The fraction of sp³-hybridized carbons (Fsp3) is 0.917. The minimum Gasteiger partial charge on any atom is -0.336 e. The molecular weight excluding hydrogens is 188 g/mol. The maximum absolute atomic E-state index is 12.2. The highest BCUT2D eigenvalue weighted by molar-refractivity contribution is 5.80. The second-order valence-electron chi connectivity index (χ2n) is 5.69. The Kier molecular flexibility index (Phi) is 2.75. The second kappa shape index (κ2) is 3.78. The Balaban J connectivity index is 2.06. The summed E-state index contributed by atoms with van der Waals surface area (Å²) in [6.07, 6.45) is 5.46. The molecule has 2 N–H and O–H groups in total. The van der Waals surface area contributed by atoms with E-state index in [0.29, 0.717) is 11.8 Å². The Labute approximate surface area is 92.0 Å². The average Bonchev–Trinajstić information content (AvgIpc) is 2.06. The highest BCUT2D eigenvalue weighted by Crippen LogP contribution is 2.34. The summed E-state index contributed by atoms with van der Waals surface area (Å²) >= 11 is 0. The number of nitrogens with zero attached hydrogens (tertiary/aromatic N) is 1. The van der Waals surface area contributed by atoms with Crippen LogP contribution in [0.2, 0.25) is 0 Å². The van der Waals surface area contributed by atoms with Gasteiger partial charge in [0.05, 0.1) is 0 Å². The molecule has 2 rings (SSSR count). The molecule has 1 unspecified atom stereocenters. The second-order valence-corrected chi connectivity index (χ2v) is 5.69. The SMILES string of the molecule is CC1(C)CCC(N)CN1C(=O)C1CCC1. The number of hydrogen-bond acceptors (Lipinski definition) is 2. The third kappa shape index (κ3) is 2.03. The Morgan fingerprint density at radius 3 is 2.53 bits per heavy atom. The van der Waals surface area contributed by atoms with Gasteiger partial charge in [-0.1, -0.05) is 6.42 Å². The summed E-state index contributed by atoms with van der Waals surface area (Å²) in [4.78, 5) is 14.2. The van der Waals surface area contributed by atoms with E-state index >= 15 is 0 Å². The van der Waals surface area contributed by atoms with Crippen molar-refractivity contribution in [2.24, 2.45) is 11.7 Å². The fourth-order valence-electron chi connectivity index (χ4n) is 2.51. The minimum absolute atomic E-state index is 0.0164. The van der Waals surface area contributed by atoms with Crippen LogP contribution in [-0.4, -0.2) is 28.9 Å². The lowest BCUT2D eigenvalue weighted by atomic mass is 9.81. The molecule has 1 aliphatic carbocycles. The lowest BCUT2D eigenvalue weighted by molar-refractivity contribution is -0.146. The predicted molar refractivity (Wildman–Crippen MR) is 60.3 cm³/mol. The molecule has 0 aromatic carbocycles. The molecule has 0 aromatic heterocycles. The fourth-order valence-corrected chi connectivity index (χ4v) is 2.51. The molecule has 2 fully saturated rings. The van der Waals surface area contributed by atoms with Crippen LogP contribution in [0.25, 0.3) is 0 Å². The van der Waals surface area contributed by atoms with E-state index in [0.717, 1.165) is 32.2 Å². The van der Waals surface area contributed by atoms with Gasteiger partial charge in [-0.05, 0) is 39.5 Å². The smallest absolute Gasteiger partial charge is 0.226 e. The van der Waals surface area contributed by atoms with E-state index in [9.17, 15) is 4.79 Å². The molecule has 1 saturated carbocycles. The van der Waals surface area contributed by atoms with Crippen LogP contribution in [0.15, 0.2) is 0 Å². The Morgan fingerprint density at radius 1 is 1.33 bits per heavy atom. The van der Waals surface area contributed by atoms with Crippen LogP contribution in [0.5, 0.6) is 0 Å². The van der Waals surface area contributed by atoms with E-state index < -0.39 is 0 Å². The van der Waals surface area contributed by atoms with E-state index in [2.05, 4.69) is 13.8 Å². The van der Waals surface area contributed by atoms with Gasteiger partial charge in [-0.2, -0.15) is 0 Å². The summed E-state index contributed by atoms with van der Waals surface area (Å²) in [6.45, 7) is 5.08. The maximum Gasteiger partial charge on any atom is 0.226 e. The number of carbonyl (C=O) groups excluding carboxylic acids is 1. The molecule has 0 radical (unpaired) electrons. The molecule has 86 valence electrons.